The minimum Gasteiger partial charge on any atom is -0.550 e. The van der Waals surface area contributed by atoms with E-state index in [1.807, 2.05) is 24.3 Å². The van der Waals surface area contributed by atoms with Gasteiger partial charge < -0.3 is 54.4 Å². The summed E-state index contributed by atoms with van der Waals surface area (Å²) in [7, 11) is 3.34. The van der Waals surface area contributed by atoms with Crippen molar-refractivity contribution in [1.82, 2.24) is 15.5 Å². The number of piperidine rings is 2. The average Bonchev–Trinajstić information content (AvgIpc) is 4.06. The lowest BCUT2D eigenvalue weighted by molar-refractivity contribution is -0.905. The zero-order valence-electron chi connectivity index (χ0n) is 33.8. The number of quaternary nitrogens is 1. The number of aliphatic carboxylic acids is 2. The Labute approximate surface area is 348 Å². The quantitative estimate of drug-likeness (QED) is 0.216. The molecule has 6 saturated heterocycles. The summed E-state index contributed by atoms with van der Waals surface area (Å²) in [6.45, 7) is 5.97. The maximum Gasteiger partial charge on any atom is 0.310 e. The first-order valence-corrected chi connectivity index (χ1v) is 21.3. The second kappa shape index (κ2) is 20.3. The molecule has 0 aliphatic carbocycles. The number of carboxylic acid groups (broad SMARTS) is 2. The molecule has 6 aliphatic heterocycles. The number of benzene rings is 2. The molecule has 6 fully saturated rings. The number of likely N-dealkylation sites (tertiary alicyclic amines) is 2. The number of carbonyl (C=O) groups is 4. The van der Waals surface area contributed by atoms with Gasteiger partial charge in [-0.3, -0.25) is 14.4 Å². The van der Waals surface area contributed by atoms with Gasteiger partial charge in [0.25, 0.3) is 0 Å². The van der Waals surface area contributed by atoms with Gasteiger partial charge >= 0.3 is 5.97 Å². The Kier molecular flexibility index (Phi) is 15.3. The van der Waals surface area contributed by atoms with Crippen LogP contribution in [0.15, 0.2) is 48.5 Å². The molecule has 2 aromatic rings. The Bertz CT molecular complexity index is 1580. The molecule has 14 nitrogen and oxygen atoms in total. The van der Waals surface area contributed by atoms with Crippen LogP contribution in [-0.4, -0.2) is 124 Å². The topological polar surface area (TPSA) is 180 Å². The average molecular weight is 821 g/mol. The van der Waals surface area contributed by atoms with Crippen molar-refractivity contribution in [2.24, 2.45) is 23.7 Å². The van der Waals surface area contributed by atoms with Crippen LogP contribution in [-0.2, 0) is 41.5 Å². The van der Waals surface area contributed by atoms with E-state index in [0.29, 0.717) is 6.42 Å². The summed E-state index contributed by atoms with van der Waals surface area (Å²) in [5.74, 6) is -3.27. The van der Waals surface area contributed by atoms with Crippen LogP contribution in [0.2, 0.25) is 0 Å². The number of nitrogens with zero attached hydrogens (tertiary/aromatic N) is 1. The van der Waals surface area contributed by atoms with Gasteiger partial charge in [-0.1, -0.05) is 31.7 Å². The molecule has 0 aromatic heterocycles. The molecule has 0 radical (unpaired) electrons. The van der Waals surface area contributed by atoms with E-state index in [-0.39, 0.29) is 55.7 Å². The summed E-state index contributed by atoms with van der Waals surface area (Å²) in [6.07, 6.45) is 7.50. The van der Waals surface area contributed by atoms with Crippen molar-refractivity contribution < 1.29 is 53.2 Å². The minimum atomic E-state index is -1.16. The smallest absolute Gasteiger partial charge is 0.310 e. The van der Waals surface area contributed by atoms with Crippen LogP contribution in [0.3, 0.4) is 0 Å². The Balaban J connectivity index is 0.000000195. The normalized spacial score (nSPS) is 31.0. The number of amides is 2. The lowest BCUT2D eigenvalue weighted by atomic mass is 9.78. The minimum absolute atomic E-state index is 0. The number of nitrogens with one attached hydrogen (secondary N) is 3. The van der Waals surface area contributed by atoms with Crippen LogP contribution in [0.5, 0.6) is 11.5 Å². The Hall–Kier alpha value is -4.24. The van der Waals surface area contributed by atoms with Crippen LogP contribution in [0.25, 0.3) is 0 Å². The van der Waals surface area contributed by atoms with Crippen LogP contribution < -0.4 is 30.1 Å². The fourth-order valence-corrected chi connectivity index (χ4v) is 10.1. The molecule has 4 N–H and O–H groups in total. The first-order chi connectivity index (χ1) is 28.1. The molecule has 8 rings (SSSR count). The maximum atomic E-state index is 12.8. The third kappa shape index (κ3) is 10.7. The van der Waals surface area contributed by atoms with Gasteiger partial charge in [0.1, 0.15) is 11.5 Å². The van der Waals surface area contributed by atoms with E-state index >= 15 is 0 Å². The van der Waals surface area contributed by atoms with Gasteiger partial charge in [-0.2, -0.15) is 0 Å². The van der Waals surface area contributed by atoms with Gasteiger partial charge in [0.2, 0.25) is 11.8 Å². The molecule has 2 aromatic carbocycles. The molecule has 4 bridgehead atoms. The fraction of sp³-hybridized carbons (Fsp3) is 0.644. The highest BCUT2D eigenvalue weighted by molar-refractivity contribution is 5.87. The van der Waals surface area contributed by atoms with Crippen molar-refractivity contribution in [3.05, 3.63) is 59.7 Å². The van der Waals surface area contributed by atoms with Crippen molar-refractivity contribution in [3.63, 3.8) is 0 Å². The molecule has 4 unspecified atom stereocenters. The van der Waals surface area contributed by atoms with E-state index in [1.165, 1.54) is 11.1 Å². The zero-order valence-corrected chi connectivity index (χ0v) is 33.8. The summed E-state index contributed by atoms with van der Waals surface area (Å²) in [6, 6.07) is 16.6. The predicted octanol–water partition coefficient (Wildman–Crippen LogP) is 1.28. The number of carbonyl (C=O) groups excluding carboxylic acids is 3. The molecule has 324 valence electrons. The fourth-order valence-electron chi connectivity index (χ4n) is 10.1. The van der Waals surface area contributed by atoms with Crippen molar-refractivity contribution in [2.45, 2.75) is 108 Å². The van der Waals surface area contributed by atoms with E-state index in [9.17, 15) is 29.4 Å². The second-order valence-corrected chi connectivity index (χ2v) is 16.9. The predicted molar refractivity (Wildman–Crippen MR) is 217 cm³/mol. The van der Waals surface area contributed by atoms with Crippen molar-refractivity contribution in [2.75, 3.05) is 53.5 Å². The second-order valence-electron chi connectivity index (χ2n) is 16.9. The third-order valence-corrected chi connectivity index (χ3v) is 13.5. The van der Waals surface area contributed by atoms with E-state index in [2.05, 4.69) is 39.8 Å². The highest BCUT2D eigenvalue weighted by Gasteiger charge is 2.56. The molecular formula is C45H64N4O10. The maximum absolute atomic E-state index is 12.8. The first-order valence-electron chi connectivity index (χ1n) is 21.3. The van der Waals surface area contributed by atoms with E-state index in [4.69, 9.17) is 18.9 Å². The molecule has 6 heterocycles. The van der Waals surface area contributed by atoms with Crippen molar-refractivity contribution in [1.29, 1.82) is 0 Å². The first kappa shape index (κ1) is 44.3. The van der Waals surface area contributed by atoms with E-state index in [1.54, 1.807) is 19.1 Å². The molecular weight excluding hydrogens is 757 g/mol. The van der Waals surface area contributed by atoms with Crippen LogP contribution in [0.4, 0.5) is 0 Å². The molecule has 14 heteroatoms. The van der Waals surface area contributed by atoms with Crippen molar-refractivity contribution in [3.8, 4) is 11.5 Å². The summed E-state index contributed by atoms with van der Waals surface area (Å²) < 4.78 is 21.8. The number of carboxylic acids is 2. The van der Waals surface area contributed by atoms with Crippen LogP contribution in [0, 0.1) is 23.7 Å². The van der Waals surface area contributed by atoms with Gasteiger partial charge in [-0.05, 0) is 80.3 Å². The number of fused-ring (bicyclic) bond motifs is 4. The zero-order chi connectivity index (χ0) is 40.8. The molecule has 6 aliphatic rings. The van der Waals surface area contributed by atoms with Gasteiger partial charge in [-0.25, -0.2) is 0 Å². The highest BCUT2D eigenvalue weighted by atomic mass is 16.5. The summed E-state index contributed by atoms with van der Waals surface area (Å²) in [4.78, 5) is 52.6. The lowest BCUT2D eigenvalue weighted by Crippen LogP contribution is -3.13. The number of hydrogen-bond donors (Lipinski definition) is 4. The third-order valence-electron chi connectivity index (χ3n) is 13.5. The standard InChI is InChI=1S/2C22H30N2O5.CH4/c2*1-28-16-4-2-14(3-5-16)8-11-24-12-9-15(10-13-24)23-21(25)19-17-6-7-18(29-17)20(19)22(26)27;/h2*2-5,15,17-20H,6-13H2,1H3,(H,23,25)(H,26,27);1H4/t2*17-,18+,19?,20?;/m00./s1. The molecule has 59 heavy (non-hydrogen) atoms. The van der Waals surface area contributed by atoms with Crippen LogP contribution in [0.1, 0.15) is 69.9 Å². The Morgan fingerprint density at radius 3 is 1.59 bits per heavy atom. The molecule has 0 spiro atoms. The number of hydrogen-bond acceptors (Lipinski definition) is 10. The highest BCUT2D eigenvalue weighted by Crippen LogP contribution is 2.44. The SMILES string of the molecule is C.COc1ccc(CCN2CCC(NC(=O)C3C(C(=O)O)[C@H]4CC[C@@H]3O4)CC2)cc1.COc1ccc(CC[NH+]2CCC(NC(=O)C3C(C(=O)[O-])[C@H]4CC[C@@H]3O4)CC2)cc1. The number of rotatable bonds is 14. The van der Waals surface area contributed by atoms with Gasteiger partial charge in [-0.15, -0.1) is 0 Å². The monoisotopic (exact) mass is 820 g/mol. The number of methoxy groups -OCH3 is 2. The largest absolute Gasteiger partial charge is 0.550 e. The lowest BCUT2D eigenvalue weighted by Gasteiger charge is -2.33. The van der Waals surface area contributed by atoms with Crippen LogP contribution >= 0.6 is 0 Å². The van der Waals surface area contributed by atoms with Crippen molar-refractivity contribution >= 4 is 23.8 Å². The summed E-state index contributed by atoms with van der Waals surface area (Å²) >= 11 is 0. The molecule has 8 atom stereocenters. The summed E-state index contributed by atoms with van der Waals surface area (Å²) in [5, 5.41) is 27.2. The molecule has 0 saturated carbocycles. The van der Waals surface area contributed by atoms with Gasteiger partial charge in [0, 0.05) is 62.9 Å². The Morgan fingerprint density at radius 2 is 1.12 bits per heavy atom. The van der Waals surface area contributed by atoms with Gasteiger partial charge in [0.15, 0.2) is 0 Å². The van der Waals surface area contributed by atoms with E-state index < -0.39 is 35.6 Å². The number of ether oxygens (including phenoxy) is 4. The summed E-state index contributed by atoms with van der Waals surface area (Å²) in [5.41, 5.74) is 2.59. The Morgan fingerprint density at radius 1 is 0.678 bits per heavy atom. The van der Waals surface area contributed by atoms with E-state index in [0.717, 1.165) is 109 Å². The van der Waals surface area contributed by atoms with Gasteiger partial charge in [0.05, 0.1) is 76.0 Å². The molecule has 2 amide bonds.